The fraction of sp³-hybridized carbons (Fsp3) is 0.0682. The molecule has 0 fully saturated rings. The van der Waals surface area contributed by atoms with Gasteiger partial charge in [-0.25, -0.2) is 0 Å². The van der Waals surface area contributed by atoms with E-state index in [1.54, 1.807) is 6.20 Å². The normalized spacial score (nSPS) is 10.6. The molecule has 1 heterocycles. The Morgan fingerprint density at radius 1 is 0.633 bits per heavy atom. The van der Waals surface area contributed by atoms with Crippen molar-refractivity contribution >= 4 is 33.3 Å². The Labute approximate surface area is 293 Å². The van der Waals surface area contributed by atoms with E-state index in [0.717, 1.165) is 34.2 Å². The summed E-state index contributed by atoms with van der Waals surface area (Å²) in [4.78, 5) is 1.31. The first-order chi connectivity index (χ1) is 23.9. The maximum Gasteiger partial charge on any atom is 0.122 e. The van der Waals surface area contributed by atoms with Crippen LogP contribution < -0.4 is 17.2 Å². The molecule has 0 aliphatic carbocycles. The van der Waals surface area contributed by atoms with Gasteiger partial charge >= 0.3 is 0 Å². The second kappa shape index (κ2) is 17.4. The standard InChI is InChI=1S/C30H25N3S.C7H9N.C7H8/c31-15-14-27-26-8-4-5-9-28(26)34-29(27)16-20-10-12-22(13-11-20)24-17-23(18-25(19-24)30(32)33)21-6-2-1-3-7-21;8-6-7-4-2-1-3-5-7;1-7-5-3-2-4-6-7/h1-15,17-19H,16,31H2,(H3,32,33);1-5H,6,8H2;2-6H,1H3/b15-14-;;. The molecule has 0 saturated heterocycles. The highest BCUT2D eigenvalue weighted by Crippen LogP contribution is 2.34. The molecular weight excluding hydrogens is 617 g/mol. The average molecular weight is 659 g/mol. The van der Waals surface area contributed by atoms with Crippen LogP contribution in [0, 0.1) is 12.3 Å². The number of rotatable bonds is 7. The molecular formula is C44H42N4S. The second-order valence-electron chi connectivity index (χ2n) is 11.6. The zero-order chi connectivity index (χ0) is 34.4. The van der Waals surface area contributed by atoms with Gasteiger partial charge in [0, 0.05) is 33.5 Å². The third kappa shape index (κ3) is 9.64. The molecule has 0 saturated carbocycles. The number of nitrogen functional groups attached to an aromatic ring is 1. The minimum atomic E-state index is 0.0703. The largest absolute Gasteiger partial charge is 0.405 e. The molecule has 7 rings (SSSR count). The lowest BCUT2D eigenvalue weighted by atomic mass is 9.95. The number of nitrogens with one attached hydrogen (secondary N) is 1. The quantitative estimate of drug-likeness (QED) is 0.101. The number of benzene rings is 6. The molecule has 0 spiro atoms. The van der Waals surface area contributed by atoms with Gasteiger partial charge in [-0.15, -0.1) is 11.3 Å². The lowest BCUT2D eigenvalue weighted by Gasteiger charge is -2.11. The number of thiophene rings is 1. The summed E-state index contributed by atoms with van der Waals surface area (Å²) in [6, 6.07) is 53.7. The summed E-state index contributed by atoms with van der Waals surface area (Å²) in [7, 11) is 0. The molecule has 0 unspecified atom stereocenters. The van der Waals surface area contributed by atoms with Gasteiger partial charge in [0.05, 0.1) is 0 Å². The molecule has 0 radical (unpaired) electrons. The molecule has 49 heavy (non-hydrogen) atoms. The zero-order valence-electron chi connectivity index (χ0n) is 27.7. The van der Waals surface area contributed by atoms with E-state index in [-0.39, 0.29) is 5.84 Å². The van der Waals surface area contributed by atoms with E-state index in [2.05, 4.69) is 85.8 Å². The maximum absolute atomic E-state index is 7.98. The van der Waals surface area contributed by atoms with E-state index in [1.165, 1.54) is 37.2 Å². The van der Waals surface area contributed by atoms with Crippen molar-refractivity contribution in [2.24, 2.45) is 17.2 Å². The molecule has 0 aliphatic heterocycles. The summed E-state index contributed by atoms with van der Waals surface area (Å²) in [5.41, 5.74) is 26.9. The number of fused-ring (bicyclic) bond motifs is 1. The van der Waals surface area contributed by atoms with Gasteiger partial charge in [0.25, 0.3) is 0 Å². The second-order valence-corrected chi connectivity index (χ2v) is 12.7. The SMILES string of the molecule is Cc1ccccc1.N=C(N)c1cc(-c2ccccc2)cc(-c2ccc(Cc3sc4ccccc4c3/C=C\N)cc2)c1.NCc1ccccc1. The van der Waals surface area contributed by atoms with Crippen LogP contribution in [0.3, 0.4) is 0 Å². The Hall–Kier alpha value is -5.75. The van der Waals surface area contributed by atoms with E-state index in [4.69, 9.17) is 22.6 Å². The van der Waals surface area contributed by atoms with Crippen molar-refractivity contribution in [3.05, 3.63) is 197 Å². The molecule has 0 amide bonds. The third-order valence-electron chi connectivity index (χ3n) is 8.00. The summed E-state index contributed by atoms with van der Waals surface area (Å²) in [6.07, 6.45) is 4.47. The molecule has 244 valence electrons. The van der Waals surface area contributed by atoms with Crippen LogP contribution in [0.25, 0.3) is 38.4 Å². The topological polar surface area (TPSA) is 102 Å². The highest BCUT2D eigenvalue weighted by molar-refractivity contribution is 7.19. The highest BCUT2D eigenvalue weighted by atomic mass is 32.1. The summed E-state index contributed by atoms with van der Waals surface area (Å²) in [6.45, 7) is 2.72. The molecule has 6 aromatic carbocycles. The smallest absolute Gasteiger partial charge is 0.122 e. The Kier molecular flexibility index (Phi) is 12.3. The number of amidine groups is 1. The van der Waals surface area contributed by atoms with Gasteiger partial charge in [-0.1, -0.05) is 139 Å². The highest BCUT2D eigenvalue weighted by Gasteiger charge is 2.11. The van der Waals surface area contributed by atoms with Crippen molar-refractivity contribution < 1.29 is 0 Å². The average Bonchev–Trinajstić information content (AvgIpc) is 3.49. The van der Waals surface area contributed by atoms with Crippen molar-refractivity contribution in [3.63, 3.8) is 0 Å². The van der Waals surface area contributed by atoms with Crippen LogP contribution in [-0.4, -0.2) is 5.84 Å². The van der Waals surface area contributed by atoms with Crippen LogP contribution in [0.4, 0.5) is 0 Å². The van der Waals surface area contributed by atoms with E-state index in [9.17, 15) is 0 Å². The molecule has 0 aliphatic rings. The van der Waals surface area contributed by atoms with Gasteiger partial charge in [0.2, 0.25) is 0 Å². The van der Waals surface area contributed by atoms with Crippen LogP contribution in [0.2, 0.25) is 0 Å². The maximum atomic E-state index is 7.98. The summed E-state index contributed by atoms with van der Waals surface area (Å²) in [5.74, 6) is 0.0703. The van der Waals surface area contributed by atoms with Crippen molar-refractivity contribution in [2.45, 2.75) is 19.9 Å². The van der Waals surface area contributed by atoms with E-state index >= 15 is 0 Å². The van der Waals surface area contributed by atoms with E-state index < -0.39 is 0 Å². The van der Waals surface area contributed by atoms with Gasteiger partial charge in [-0.2, -0.15) is 0 Å². The van der Waals surface area contributed by atoms with Crippen LogP contribution in [0.1, 0.15) is 32.7 Å². The predicted molar refractivity (Wildman–Crippen MR) is 212 cm³/mol. The molecule has 0 bridgehead atoms. The first kappa shape index (κ1) is 34.6. The van der Waals surface area contributed by atoms with Crippen molar-refractivity contribution in [2.75, 3.05) is 0 Å². The predicted octanol–water partition coefficient (Wildman–Crippen LogP) is 10.2. The van der Waals surface area contributed by atoms with Gasteiger partial charge < -0.3 is 17.2 Å². The molecule has 0 atom stereocenters. The van der Waals surface area contributed by atoms with E-state index in [0.29, 0.717) is 6.54 Å². The Morgan fingerprint density at radius 3 is 1.71 bits per heavy atom. The number of aryl methyl sites for hydroxylation is 1. The van der Waals surface area contributed by atoms with Gasteiger partial charge in [-0.3, -0.25) is 5.41 Å². The minimum Gasteiger partial charge on any atom is -0.405 e. The zero-order valence-corrected chi connectivity index (χ0v) is 28.5. The van der Waals surface area contributed by atoms with Gasteiger partial charge in [0.1, 0.15) is 5.84 Å². The third-order valence-corrected chi connectivity index (χ3v) is 9.18. The fourth-order valence-electron chi connectivity index (χ4n) is 5.42. The first-order valence-corrected chi connectivity index (χ1v) is 17.1. The lowest BCUT2D eigenvalue weighted by molar-refractivity contribution is 1.07. The number of nitrogens with two attached hydrogens (primary N) is 3. The molecule has 4 nitrogen and oxygen atoms in total. The first-order valence-electron chi connectivity index (χ1n) is 16.2. The Morgan fingerprint density at radius 2 is 1.18 bits per heavy atom. The van der Waals surface area contributed by atoms with E-state index in [1.807, 2.05) is 96.3 Å². The van der Waals surface area contributed by atoms with Crippen LogP contribution in [-0.2, 0) is 13.0 Å². The molecule has 7 aromatic rings. The minimum absolute atomic E-state index is 0.0703. The summed E-state index contributed by atoms with van der Waals surface area (Å²) < 4.78 is 1.27. The van der Waals surface area contributed by atoms with Crippen molar-refractivity contribution in [1.82, 2.24) is 0 Å². The molecule has 5 heteroatoms. The summed E-state index contributed by atoms with van der Waals surface area (Å²) >= 11 is 1.82. The number of hydrogen-bond acceptors (Lipinski definition) is 4. The monoisotopic (exact) mass is 658 g/mol. The fourth-order valence-corrected chi connectivity index (χ4v) is 6.65. The van der Waals surface area contributed by atoms with Crippen LogP contribution in [0.5, 0.6) is 0 Å². The van der Waals surface area contributed by atoms with Gasteiger partial charge in [-0.05, 0) is 82.4 Å². The van der Waals surface area contributed by atoms with Crippen LogP contribution in [0.15, 0.2) is 164 Å². The van der Waals surface area contributed by atoms with Crippen molar-refractivity contribution in [3.8, 4) is 22.3 Å². The summed E-state index contributed by atoms with van der Waals surface area (Å²) in [5, 5.41) is 9.22. The molecule has 1 aromatic heterocycles. The number of hydrogen-bond donors (Lipinski definition) is 4. The Balaban J connectivity index is 0.000000256. The van der Waals surface area contributed by atoms with Crippen molar-refractivity contribution in [1.29, 1.82) is 5.41 Å². The molecule has 7 N–H and O–H groups in total. The van der Waals surface area contributed by atoms with Gasteiger partial charge in [0.15, 0.2) is 0 Å². The van der Waals surface area contributed by atoms with Crippen LogP contribution >= 0.6 is 11.3 Å². The Bertz CT molecular complexity index is 2100. The lowest BCUT2D eigenvalue weighted by Crippen LogP contribution is -2.11.